The van der Waals surface area contributed by atoms with Crippen molar-refractivity contribution in [1.82, 2.24) is 14.7 Å². The second kappa shape index (κ2) is 6.17. The van der Waals surface area contributed by atoms with Gasteiger partial charge in [-0.2, -0.15) is 0 Å². The Labute approximate surface area is 146 Å². The number of pyridine rings is 1. The van der Waals surface area contributed by atoms with Gasteiger partial charge in [0.15, 0.2) is 0 Å². The van der Waals surface area contributed by atoms with Gasteiger partial charge in [-0.1, -0.05) is 6.42 Å². The van der Waals surface area contributed by atoms with Gasteiger partial charge in [-0.15, -0.1) is 0 Å². The maximum Gasteiger partial charge on any atom is 0.307 e. The number of nitrogens with one attached hydrogen (secondary N) is 1. The highest BCUT2D eigenvalue weighted by molar-refractivity contribution is 5.87. The summed E-state index contributed by atoms with van der Waals surface area (Å²) in [5.41, 5.74) is 2.25. The fraction of sp³-hybridized carbons (Fsp3) is 0.526. The highest BCUT2D eigenvalue weighted by atomic mass is 16.6. The van der Waals surface area contributed by atoms with Crippen LogP contribution in [0.5, 0.6) is 0 Å². The molecule has 1 saturated heterocycles. The minimum absolute atomic E-state index is 0.0963. The van der Waals surface area contributed by atoms with Crippen molar-refractivity contribution in [3.05, 3.63) is 35.8 Å². The van der Waals surface area contributed by atoms with E-state index in [-0.39, 0.29) is 24.2 Å². The van der Waals surface area contributed by atoms with Gasteiger partial charge in [0.2, 0.25) is 5.91 Å². The third-order valence-corrected chi connectivity index (χ3v) is 5.45. The molecule has 0 aromatic carbocycles. The van der Waals surface area contributed by atoms with Crippen LogP contribution < -0.4 is 5.32 Å². The molecular formula is C19H23N3O3. The van der Waals surface area contributed by atoms with E-state index in [9.17, 15) is 9.59 Å². The molecule has 1 atom stereocenters. The first-order chi connectivity index (χ1) is 12.1. The second-order valence-corrected chi connectivity index (χ2v) is 7.28. The zero-order chi connectivity index (χ0) is 17.4. The number of hydrogen-bond donors (Lipinski definition) is 1. The lowest BCUT2D eigenvalue weighted by molar-refractivity contribution is -0.153. The van der Waals surface area contributed by atoms with Crippen molar-refractivity contribution >= 4 is 17.5 Å². The zero-order valence-electron chi connectivity index (χ0n) is 14.5. The van der Waals surface area contributed by atoms with E-state index in [0.717, 1.165) is 49.0 Å². The molecule has 6 heteroatoms. The first-order valence-electron chi connectivity index (χ1n) is 9.00. The number of carbonyl (C=O) groups excluding carboxylic acids is 2. The molecular weight excluding hydrogens is 318 g/mol. The van der Waals surface area contributed by atoms with Crippen LogP contribution >= 0.6 is 0 Å². The molecule has 0 bridgehead atoms. The van der Waals surface area contributed by atoms with E-state index < -0.39 is 5.60 Å². The van der Waals surface area contributed by atoms with Crippen LogP contribution in [0.1, 0.15) is 49.8 Å². The van der Waals surface area contributed by atoms with E-state index in [1.54, 1.807) is 0 Å². The molecule has 0 unspecified atom stereocenters. The maximum absolute atomic E-state index is 12.7. The summed E-state index contributed by atoms with van der Waals surface area (Å²) < 4.78 is 7.56. The van der Waals surface area contributed by atoms with Crippen molar-refractivity contribution in [2.24, 2.45) is 5.92 Å². The topological polar surface area (TPSA) is 72.7 Å². The van der Waals surface area contributed by atoms with Crippen LogP contribution in [0.2, 0.25) is 0 Å². The predicted octanol–water partition coefficient (Wildman–Crippen LogP) is 2.52. The number of imidazole rings is 1. The van der Waals surface area contributed by atoms with Crippen molar-refractivity contribution in [3.63, 3.8) is 0 Å². The van der Waals surface area contributed by atoms with Crippen molar-refractivity contribution in [3.8, 4) is 0 Å². The molecule has 25 heavy (non-hydrogen) atoms. The summed E-state index contributed by atoms with van der Waals surface area (Å²) in [6.07, 6.45) is 8.84. The summed E-state index contributed by atoms with van der Waals surface area (Å²) in [7, 11) is 0. The van der Waals surface area contributed by atoms with Gasteiger partial charge in [-0.05, 0) is 50.3 Å². The van der Waals surface area contributed by atoms with Gasteiger partial charge in [-0.3, -0.25) is 9.59 Å². The van der Waals surface area contributed by atoms with Gasteiger partial charge in [0.05, 0.1) is 24.6 Å². The summed E-state index contributed by atoms with van der Waals surface area (Å²) in [5.74, 6) is -0.717. The summed E-state index contributed by atoms with van der Waals surface area (Å²) >= 11 is 0. The van der Waals surface area contributed by atoms with Crippen LogP contribution in [0.4, 0.5) is 0 Å². The van der Waals surface area contributed by atoms with Crippen LogP contribution in [0.3, 0.4) is 0 Å². The smallest absolute Gasteiger partial charge is 0.307 e. The number of fused-ring (bicyclic) bond motifs is 1. The number of ether oxygens (including phenoxy) is 1. The molecule has 1 spiro atoms. The van der Waals surface area contributed by atoms with Crippen LogP contribution in [0.25, 0.3) is 5.65 Å². The lowest BCUT2D eigenvalue weighted by atomic mass is 9.75. The molecule has 2 aromatic heterocycles. The number of amides is 1. The Hall–Kier alpha value is -2.37. The molecule has 2 fully saturated rings. The first kappa shape index (κ1) is 16.1. The predicted molar refractivity (Wildman–Crippen MR) is 91.8 cm³/mol. The molecule has 4 rings (SSSR count). The van der Waals surface area contributed by atoms with Crippen molar-refractivity contribution in [1.29, 1.82) is 0 Å². The van der Waals surface area contributed by atoms with E-state index in [1.165, 1.54) is 0 Å². The van der Waals surface area contributed by atoms with E-state index in [1.807, 2.05) is 35.9 Å². The molecule has 3 heterocycles. The van der Waals surface area contributed by atoms with Gasteiger partial charge < -0.3 is 14.5 Å². The van der Waals surface area contributed by atoms with E-state index >= 15 is 0 Å². The number of esters is 1. The lowest BCUT2D eigenvalue weighted by Crippen LogP contribution is -2.45. The number of hydrogen-bond acceptors (Lipinski definition) is 4. The average molecular weight is 341 g/mol. The van der Waals surface area contributed by atoms with E-state index in [0.29, 0.717) is 6.54 Å². The number of carbonyl (C=O) groups is 2. The highest BCUT2D eigenvalue weighted by Gasteiger charge is 2.52. The molecule has 0 radical (unpaired) electrons. The normalized spacial score (nSPS) is 22.3. The summed E-state index contributed by atoms with van der Waals surface area (Å²) in [6, 6.07) is 4.02. The molecule has 1 saturated carbocycles. The molecule has 2 aromatic rings. The van der Waals surface area contributed by atoms with Gasteiger partial charge in [-0.25, -0.2) is 4.98 Å². The van der Waals surface area contributed by atoms with Crippen molar-refractivity contribution < 1.29 is 14.3 Å². The number of nitrogens with zero attached hydrogens (tertiary/aromatic N) is 2. The van der Waals surface area contributed by atoms with Crippen molar-refractivity contribution in [2.45, 2.75) is 57.6 Å². The maximum atomic E-state index is 12.7. The number of rotatable bonds is 3. The second-order valence-electron chi connectivity index (χ2n) is 7.28. The average Bonchev–Trinajstić information content (AvgIpc) is 3.13. The number of aromatic nitrogens is 2. The molecule has 132 valence electrons. The highest BCUT2D eigenvalue weighted by Crippen LogP contribution is 2.44. The van der Waals surface area contributed by atoms with E-state index in [4.69, 9.17) is 4.74 Å². The molecule has 1 aliphatic heterocycles. The summed E-state index contributed by atoms with van der Waals surface area (Å²) in [6.45, 7) is 2.39. The van der Waals surface area contributed by atoms with Crippen LogP contribution in [0.15, 0.2) is 24.5 Å². The SMILES string of the molecule is Cc1ccn2cc(CNC(=O)[C@@H]3CC(=O)OC34CCCCC4)nc2c1. The van der Waals surface area contributed by atoms with Gasteiger partial charge in [0, 0.05) is 12.4 Å². The standard InChI is InChI=1S/C19H23N3O3/c1-13-5-8-22-12-14(21-16(22)9-13)11-20-18(24)15-10-17(23)25-19(15)6-3-2-4-7-19/h5,8-9,12,15H,2-4,6-7,10-11H2,1H3,(H,20,24)/t15-/m0/s1. The van der Waals surface area contributed by atoms with Crippen LogP contribution in [-0.2, 0) is 20.9 Å². The Bertz CT molecular complexity index is 820. The summed E-state index contributed by atoms with van der Waals surface area (Å²) in [4.78, 5) is 29.1. The Morgan fingerprint density at radius 2 is 2.20 bits per heavy atom. The van der Waals surface area contributed by atoms with Crippen LogP contribution in [0, 0.1) is 12.8 Å². The Balaban J connectivity index is 1.46. The van der Waals surface area contributed by atoms with Gasteiger partial charge in [0.1, 0.15) is 11.2 Å². The number of aryl methyl sites for hydroxylation is 1. The third-order valence-electron chi connectivity index (χ3n) is 5.45. The molecule has 1 amide bonds. The van der Waals surface area contributed by atoms with Crippen LogP contribution in [-0.4, -0.2) is 26.9 Å². The summed E-state index contributed by atoms with van der Waals surface area (Å²) in [5, 5.41) is 2.96. The lowest BCUT2D eigenvalue weighted by Gasteiger charge is -2.35. The van der Waals surface area contributed by atoms with Crippen molar-refractivity contribution in [2.75, 3.05) is 0 Å². The largest absolute Gasteiger partial charge is 0.458 e. The molecule has 1 N–H and O–H groups in total. The van der Waals surface area contributed by atoms with Gasteiger partial charge >= 0.3 is 5.97 Å². The molecule has 6 nitrogen and oxygen atoms in total. The fourth-order valence-electron chi connectivity index (χ4n) is 4.15. The molecule has 1 aliphatic carbocycles. The first-order valence-corrected chi connectivity index (χ1v) is 9.00. The fourth-order valence-corrected chi connectivity index (χ4v) is 4.15. The minimum atomic E-state index is -0.574. The minimum Gasteiger partial charge on any atom is -0.458 e. The third kappa shape index (κ3) is 3.01. The monoisotopic (exact) mass is 341 g/mol. The quantitative estimate of drug-likeness (QED) is 0.871. The zero-order valence-corrected chi connectivity index (χ0v) is 14.5. The Kier molecular flexibility index (Phi) is 3.98. The Morgan fingerprint density at radius 3 is 3.00 bits per heavy atom. The molecule has 2 aliphatic rings. The van der Waals surface area contributed by atoms with E-state index in [2.05, 4.69) is 10.3 Å². The Morgan fingerprint density at radius 1 is 1.40 bits per heavy atom. The van der Waals surface area contributed by atoms with Gasteiger partial charge in [0.25, 0.3) is 0 Å².